The van der Waals surface area contributed by atoms with Crippen molar-refractivity contribution < 1.29 is 23.8 Å². The summed E-state index contributed by atoms with van der Waals surface area (Å²) in [5.74, 6) is 1.80. The number of hydrogen-bond acceptors (Lipinski definition) is 5. The second kappa shape index (κ2) is 9.84. The minimum atomic E-state index is -0.721. The van der Waals surface area contributed by atoms with Gasteiger partial charge in [0, 0.05) is 0 Å². The first-order valence-electron chi connectivity index (χ1n) is 13.2. The van der Waals surface area contributed by atoms with Crippen LogP contribution < -0.4 is 0 Å². The summed E-state index contributed by atoms with van der Waals surface area (Å²) in [6.45, 7) is 13.5. The maximum absolute atomic E-state index is 12.8. The van der Waals surface area contributed by atoms with E-state index in [-0.39, 0.29) is 12.2 Å². The molecule has 0 amide bonds. The Labute approximate surface area is 199 Å². The van der Waals surface area contributed by atoms with Crippen LogP contribution in [0.4, 0.5) is 0 Å². The molecule has 5 heteroatoms. The number of ether oxygens (including phenoxy) is 3. The van der Waals surface area contributed by atoms with Crippen molar-refractivity contribution in [2.45, 2.75) is 92.3 Å². The van der Waals surface area contributed by atoms with Crippen molar-refractivity contribution in [1.29, 1.82) is 0 Å². The Bertz CT molecular complexity index is 743. The van der Waals surface area contributed by atoms with Gasteiger partial charge in [0.15, 0.2) is 0 Å². The van der Waals surface area contributed by atoms with Gasteiger partial charge in [-0.1, -0.05) is 54.4 Å². The third-order valence-electron chi connectivity index (χ3n) is 8.56. The van der Waals surface area contributed by atoms with Gasteiger partial charge in [-0.25, -0.2) is 0 Å². The average molecular weight is 459 g/mol. The first-order chi connectivity index (χ1) is 15.7. The molecule has 1 heterocycles. The minimum Gasteiger partial charge on any atom is -0.494 e. The molecule has 3 aliphatic carbocycles. The number of hydrogen-bond donors (Lipinski definition) is 0. The van der Waals surface area contributed by atoms with E-state index < -0.39 is 23.8 Å². The highest BCUT2D eigenvalue weighted by atomic mass is 16.6. The molecule has 4 rings (SSSR count). The molecule has 33 heavy (non-hydrogen) atoms. The van der Waals surface area contributed by atoms with E-state index in [1.165, 1.54) is 12.8 Å². The summed E-state index contributed by atoms with van der Waals surface area (Å²) in [6, 6.07) is 0. The summed E-state index contributed by atoms with van der Waals surface area (Å²) in [5.41, 5.74) is 0. The van der Waals surface area contributed by atoms with E-state index in [1.54, 1.807) is 0 Å². The predicted octanol–water partition coefficient (Wildman–Crippen LogP) is 6.04. The summed E-state index contributed by atoms with van der Waals surface area (Å²) in [4.78, 5) is 25.5. The molecule has 3 fully saturated rings. The van der Waals surface area contributed by atoms with E-state index in [0.717, 1.165) is 25.7 Å². The van der Waals surface area contributed by atoms with Crippen LogP contribution in [0.1, 0.15) is 80.1 Å². The molecule has 6 unspecified atom stereocenters. The number of allylic oxidation sites excluding steroid dienone is 2. The molecule has 2 saturated carbocycles. The lowest BCUT2D eigenvalue weighted by Gasteiger charge is -2.40. The number of fused-ring (bicyclic) bond motifs is 1. The van der Waals surface area contributed by atoms with Crippen LogP contribution in [0.3, 0.4) is 0 Å². The SMILES string of the molecule is CC1CCC(C(C)C)C(OC2=CC=C(OC3CC(C)CCC3C(C)C)[C@@H]3C(=O)OC(=O)[C@H]23)C1. The van der Waals surface area contributed by atoms with E-state index in [4.69, 9.17) is 14.2 Å². The van der Waals surface area contributed by atoms with E-state index in [2.05, 4.69) is 41.5 Å². The Hall–Kier alpha value is -1.78. The topological polar surface area (TPSA) is 61.8 Å². The Morgan fingerprint density at radius 3 is 1.48 bits per heavy atom. The summed E-state index contributed by atoms with van der Waals surface area (Å²) in [6.07, 6.45) is 10.5. The monoisotopic (exact) mass is 458 g/mol. The van der Waals surface area contributed by atoms with E-state index >= 15 is 0 Å². The van der Waals surface area contributed by atoms with Crippen molar-refractivity contribution in [3.63, 3.8) is 0 Å². The van der Waals surface area contributed by atoms with Gasteiger partial charge in [-0.15, -0.1) is 0 Å². The van der Waals surface area contributed by atoms with Crippen LogP contribution in [0.15, 0.2) is 23.7 Å². The number of carbonyl (C=O) groups is 2. The van der Waals surface area contributed by atoms with Crippen molar-refractivity contribution in [2.24, 2.45) is 47.3 Å². The van der Waals surface area contributed by atoms with Crippen molar-refractivity contribution >= 4 is 11.9 Å². The summed E-state index contributed by atoms with van der Waals surface area (Å²) in [7, 11) is 0. The molecule has 0 aromatic heterocycles. The molecule has 0 spiro atoms. The van der Waals surface area contributed by atoms with Crippen molar-refractivity contribution in [3.8, 4) is 0 Å². The van der Waals surface area contributed by atoms with Crippen LogP contribution in [0.5, 0.6) is 0 Å². The van der Waals surface area contributed by atoms with Gasteiger partial charge in [0.05, 0.1) is 0 Å². The average Bonchev–Trinajstić information content (AvgIpc) is 3.04. The fourth-order valence-electron chi connectivity index (χ4n) is 6.51. The third-order valence-corrected chi connectivity index (χ3v) is 8.56. The lowest BCUT2D eigenvalue weighted by molar-refractivity contribution is -0.153. The lowest BCUT2D eigenvalue weighted by atomic mass is 9.75. The molecular weight excluding hydrogens is 416 g/mol. The van der Waals surface area contributed by atoms with Gasteiger partial charge in [-0.2, -0.15) is 0 Å². The summed E-state index contributed by atoms with van der Waals surface area (Å²) in [5, 5.41) is 0. The van der Waals surface area contributed by atoms with Gasteiger partial charge in [-0.3, -0.25) is 9.59 Å². The molecule has 8 atom stereocenters. The highest BCUT2D eigenvalue weighted by Gasteiger charge is 2.53. The Kier molecular flexibility index (Phi) is 7.26. The molecule has 5 nitrogen and oxygen atoms in total. The van der Waals surface area contributed by atoms with Crippen molar-refractivity contribution in [3.05, 3.63) is 23.7 Å². The van der Waals surface area contributed by atoms with Gasteiger partial charge < -0.3 is 14.2 Å². The molecule has 0 radical (unpaired) electrons. The zero-order valence-corrected chi connectivity index (χ0v) is 21.2. The van der Waals surface area contributed by atoms with Crippen molar-refractivity contribution in [2.75, 3.05) is 0 Å². The lowest BCUT2D eigenvalue weighted by Crippen LogP contribution is -2.38. The van der Waals surface area contributed by atoms with E-state index in [9.17, 15) is 9.59 Å². The highest BCUT2D eigenvalue weighted by molar-refractivity contribution is 5.99. The molecule has 184 valence electrons. The molecular formula is C28H42O5. The van der Waals surface area contributed by atoms with Crippen LogP contribution in [-0.2, 0) is 23.8 Å². The van der Waals surface area contributed by atoms with Crippen LogP contribution in [0, 0.1) is 47.3 Å². The number of rotatable bonds is 6. The van der Waals surface area contributed by atoms with Gasteiger partial charge in [0.2, 0.25) is 0 Å². The number of cyclic esters (lactones) is 2. The largest absolute Gasteiger partial charge is 0.494 e. The number of carbonyl (C=O) groups excluding carboxylic acids is 2. The standard InChI is InChI=1S/C28H42O5/c1-15(2)19-9-7-17(5)13-23(19)31-21-11-12-22(26-25(21)27(29)33-28(26)30)32-24-14-18(6)8-10-20(24)16(3)4/h11-12,15-20,23-26H,7-10,13-14H2,1-6H3/t17?,18?,19?,20?,23?,24?,25-,26+. The Morgan fingerprint density at radius 1 is 0.727 bits per heavy atom. The van der Waals surface area contributed by atoms with Crippen LogP contribution in [-0.4, -0.2) is 24.1 Å². The molecule has 1 aliphatic heterocycles. The molecule has 1 saturated heterocycles. The fraction of sp³-hybridized carbons (Fsp3) is 0.786. The summed E-state index contributed by atoms with van der Waals surface area (Å²) < 4.78 is 18.2. The first kappa shape index (κ1) is 24.3. The molecule has 0 bridgehead atoms. The van der Waals surface area contributed by atoms with E-state index in [0.29, 0.717) is 47.0 Å². The Balaban J connectivity index is 1.58. The van der Waals surface area contributed by atoms with Crippen LogP contribution in [0.25, 0.3) is 0 Å². The molecule has 4 aliphatic rings. The van der Waals surface area contributed by atoms with Gasteiger partial charge in [0.1, 0.15) is 35.6 Å². The maximum atomic E-state index is 12.8. The van der Waals surface area contributed by atoms with Gasteiger partial charge >= 0.3 is 11.9 Å². The second-order valence-corrected chi connectivity index (χ2v) is 11.8. The Morgan fingerprint density at radius 2 is 1.12 bits per heavy atom. The van der Waals surface area contributed by atoms with Crippen molar-refractivity contribution in [1.82, 2.24) is 0 Å². The highest BCUT2D eigenvalue weighted by Crippen LogP contribution is 2.45. The zero-order chi connectivity index (χ0) is 23.9. The minimum absolute atomic E-state index is 0.0598. The zero-order valence-electron chi connectivity index (χ0n) is 21.2. The van der Waals surface area contributed by atoms with E-state index in [1.807, 2.05) is 12.2 Å². The fourth-order valence-corrected chi connectivity index (χ4v) is 6.51. The van der Waals surface area contributed by atoms with Gasteiger partial charge in [0.25, 0.3) is 0 Å². The summed E-state index contributed by atoms with van der Waals surface area (Å²) >= 11 is 0. The molecule has 0 N–H and O–H groups in total. The third kappa shape index (κ3) is 5.02. The number of esters is 2. The smallest absolute Gasteiger partial charge is 0.325 e. The molecule has 0 aromatic rings. The predicted molar refractivity (Wildman–Crippen MR) is 127 cm³/mol. The normalized spacial score (nSPS) is 39.2. The maximum Gasteiger partial charge on any atom is 0.325 e. The van der Waals surface area contributed by atoms with Crippen LogP contribution in [0.2, 0.25) is 0 Å². The second-order valence-electron chi connectivity index (χ2n) is 11.8. The molecule has 0 aromatic carbocycles. The first-order valence-corrected chi connectivity index (χ1v) is 13.2. The quantitative estimate of drug-likeness (QED) is 0.359. The van der Waals surface area contributed by atoms with Gasteiger partial charge in [-0.05, 0) is 73.3 Å². The van der Waals surface area contributed by atoms with Crippen LogP contribution >= 0.6 is 0 Å².